The van der Waals surface area contributed by atoms with Crippen molar-refractivity contribution in [3.05, 3.63) is 47.5 Å². The lowest BCUT2D eigenvalue weighted by Crippen LogP contribution is -1.93. The van der Waals surface area contributed by atoms with Crippen molar-refractivity contribution in [2.75, 3.05) is 0 Å². The van der Waals surface area contributed by atoms with Crippen molar-refractivity contribution < 1.29 is 9.90 Å². The van der Waals surface area contributed by atoms with Crippen molar-refractivity contribution in [3.63, 3.8) is 0 Å². The highest BCUT2D eigenvalue weighted by Crippen LogP contribution is 2.21. The van der Waals surface area contributed by atoms with Crippen LogP contribution in [-0.2, 0) is 6.61 Å². The maximum atomic E-state index is 10.7. The van der Waals surface area contributed by atoms with Gasteiger partial charge in [0.2, 0.25) is 0 Å². The lowest BCUT2D eigenvalue weighted by Gasteiger charge is -2.05. The van der Waals surface area contributed by atoms with Crippen molar-refractivity contribution in [1.29, 1.82) is 0 Å². The Morgan fingerprint density at radius 3 is 2.64 bits per heavy atom. The second-order valence-electron chi connectivity index (χ2n) is 3.13. The Morgan fingerprint density at radius 2 is 1.93 bits per heavy atom. The van der Waals surface area contributed by atoms with Crippen LogP contribution in [0, 0.1) is 0 Å². The molecule has 0 heterocycles. The molecule has 1 N–H and O–H groups in total. The number of carbonyl (C=O) groups is 1. The predicted molar refractivity (Wildman–Crippen MR) is 55.3 cm³/mol. The fourth-order valence-corrected chi connectivity index (χ4v) is 1.64. The number of benzene rings is 2. The predicted octanol–water partition coefficient (Wildman–Crippen LogP) is 2.14. The van der Waals surface area contributed by atoms with E-state index in [2.05, 4.69) is 0 Å². The SMILES string of the molecule is O=Cc1ccc2ccccc2c1CO. The van der Waals surface area contributed by atoms with Gasteiger partial charge in [0.15, 0.2) is 0 Å². The smallest absolute Gasteiger partial charge is 0.150 e. The molecular weight excluding hydrogens is 176 g/mol. The van der Waals surface area contributed by atoms with Crippen molar-refractivity contribution >= 4 is 17.1 Å². The van der Waals surface area contributed by atoms with Crippen molar-refractivity contribution in [3.8, 4) is 0 Å². The lowest BCUT2D eigenvalue weighted by molar-refractivity contribution is 0.112. The molecule has 2 nitrogen and oxygen atoms in total. The first-order valence-electron chi connectivity index (χ1n) is 4.43. The summed E-state index contributed by atoms with van der Waals surface area (Å²) in [6.45, 7) is -0.102. The molecule has 0 saturated carbocycles. The molecule has 0 bridgehead atoms. The van der Waals surface area contributed by atoms with E-state index in [9.17, 15) is 9.90 Å². The van der Waals surface area contributed by atoms with Crippen LogP contribution in [0.1, 0.15) is 15.9 Å². The van der Waals surface area contributed by atoms with E-state index < -0.39 is 0 Å². The molecule has 2 aromatic carbocycles. The number of hydrogen-bond donors (Lipinski definition) is 1. The Hall–Kier alpha value is -1.67. The maximum absolute atomic E-state index is 10.7. The van der Waals surface area contributed by atoms with Gasteiger partial charge in [-0.1, -0.05) is 36.4 Å². The first-order chi connectivity index (χ1) is 6.86. The van der Waals surface area contributed by atoms with Crippen LogP contribution < -0.4 is 0 Å². The van der Waals surface area contributed by atoms with Gasteiger partial charge >= 0.3 is 0 Å². The summed E-state index contributed by atoms with van der Waals surface area (Å²) < 4.78 is 0. The Balaban J connectivity index is 2.83. The normalized spacial score (nSPS) is 10.4. The maximum Gasteiger partial charge on any atom is 0.150 e. The summed E-state index contributed by atoms with van der Waals surface area (Å²) in [6, 6.07) is 11.3. The molecule has 14 heavy (non-hydrogen) atoms. The minimum absolute atomic E-state index is 0.102. The Morgan fingerprint density at radius 1 is 1.14 bits per heavy atom. The molecule has 0 atom stereocenters. The summed E-state index contributed by atoms with van der Waals surface area (Å²) >= 11 is 0. The molecule has 2 rings (SSSR count). The van der Waals surface area contributed by atoms with Gasteiger partial charge in [-0.2, -0.15) is 0 Å². The highest BCUT2D eigenvalue weighted by molar-refractivity contribution is 5.92. The quantitative estimate of drug-likeness (QED) is 0.729. The molecule has 0 unspecified atom stereocenters. The van der Waals surface area contributed by atoms with Crippen LogP contribution >= 0.6 is 0 Å². The molecular formula is C12H10O2. The van der Waals surface area contributed by atoms with Crippen LogP contribution in [0.4, 0.5) is 0 Å². The van der Waals surface area contributed by atoms with Crippen LogP contribution in [0.5, 0.6) is 0 Å². The fraction of sp³-hybridized carbons (Fsp3) is 0.0833. The fourth-order valence-electron chi connectivity index (χ4n) is 1.64. The molecule has 0 saturated heterocycles. The molecule has 2 heteroatoms. The van der Waals surface area contributed by atoms with E-state index in [1.54, 1.807) is 6.07 Å². The van der Waals surface area contributed by atoms with E-state index in [-0.39, 0.29) is 6.61 Å². The third kappa shape index (κ3) is 1.30. The largest absolute Gasteiger partial charge is 0.392 e. The van der Waals surface area contributed by atoms with Gasteiger partial charge in [0.1, 0.15) is 6.29 Å². The summed E-state index contributed by atoms with van der Waals surface area (Å²) in [5.74, 6) is 0. The van der Waals surface area contributed by atoms with Gasteiger partial charge in [0.25, 0.3) is 0 Å². The number of aldehydes is 1. The van der Waals surface area contributed by atoms with Gasteiger partial charge in [-0.25, -0.2) is 0 Å². The van der Waals surface area contributed by atoms with Gasteiger partial charge < -0.3 is 5.11 Å². The van der Waals surface area contributed by atoms with E-state index in [1.165, 1.54) is 0 Å². The number of hydrogen-bond acceptors (Lipinski definition) is 2. The molecule has 0 amide bonds. The number of aliphatic hydroxyl groups is 1. The van der Waals surface area contributed by atoms with Crippen molar-refractivity contribution in [2.24, 2.45) is 0 Å². The second-order valence-corrected chi connectivity index (χ2v) is 3.13. The molecule has 2 aromatic rings. The van der Waals surface area contributed by atoms with E-state index >= 15 is 0 Å². The van der Waals surface area contributed by atoms with Gasteiger partial charge in [-0.3, -0.25) is 4.79 Å². The van der Waals surface area contributed by atoms with Crippen LogP contribution in [0.3, 0.4) is 0 Å². The number of rotatable bonds is 2. The highest BCUT2D eigenvalue weighted by Gasteiger charge is 2.04. The van der Waals surface area contributed by atoms with Gasteiger partial charge in [0, 0.05) is 5.56 Å². The van der Waals surface area contributed by atoms with Crippen LogP contribution in [-0.4, -0.2) is 11.4 Å². The summed E-state index contributed by atoms with van der Waals surface area (Å²) in [5, 5.41) is 11.2. The molecule has 70 valence electrons. The molecule has 0 aliphatic carbocycles. The van der Waals surface area contributed by atoms with Gasteiger partial charge in [-0.05, 0) is 16.3 Å². The Labute approximate surface area is 81.8 Å². The summed E-state index contributed by atoms with van der Waals surface area (Å²) in [5.41, 5.74) is 1.27. The molecule has 0 aliphatic rings. The lowest BCUT2D eigenvalue weighted by atomic mass is 10.0. The minimum Gasteiger partial charge on any atom is -0.392 e. The Kier molecular flexibility index (Phi) is 2.29. The third-order valence-electron chi connectivity index (χ3n) is 2.36. The standard InChI is InChI=1S/C12H10O2/c13-7-10-6-5-9-3-1-2-4-11(9)12(10)8-14/h1-7,14H,8H2. The molecule has 0 radical (unpaired) electrons. The number of fused-ring (bicyclic) bond motifs is 1. The average Bonchev–Trinajstić information content (AvgIpc) is 2.27. The van der Waals surface area contributed by atoms with E-state index in [1.807, 2.05) is 30.3 Å². The molecule has 0 fully saturated rings. The highest BCUT2D eigenvalue weighted by atomic mass is 16.3. The van der Waals surface area contributed by atoms with Crippen LogP contribution in [0.2, 0.25) is 0 Å². The van der Waals surface area contributed by atoms with Crippen molar-refractivity contribution in [2.45, 2.75) is 6.61 Å². The van der Waals surface area contributed by atoms with E-state index in [0.717, 1.165) is 17.1 Å². The average molecular weight is 186 g/mol. The van der Waals surface area contributed by atoms with Crippen LogP contribution in [0.15, 0.2) is 36.4 Å². The van der Waals surface area contributed by atoms with Gasteiger partial charge in [-0.15, -0.1) is 0 Å². The molecule has 0 spiro atoms. The molecule has 0 aromatic heterocycles. The first kappa shape index (κ1) is 8.91. The summed E-state index contributed by atoms with van der Waals surface area (Å²) in [4.78, 5) is 10.7. The third-order valence-corrected chi connectivity index (χ3v) is 2.36. The molecule has 0 aliphatic heterocycles. The monoisotopic (exact) mass is 186 g/mol. The summed E-state index contributed by atoms with van der Waals surface area (Å²) in [7, 11) is 0. The topological polar surface area (TPSA) is 37.3 Å². The van der Waals surface area contributed by atoms with Crippen LogP contribution in [0.25, 0.3) is 10.8 Å². The van der Waals surface area contributed by atoms with E-state index in [4.69, 9.17) is 0 Å². The summed E-state index contributed by atoms with van der Waals surface area (Å²) in [6.07, 6.45) is 0.776. The zero-order chi connectivity index (χ0) is 9.97. The number of carbonyl (C=O) groups excluding carboxylic acids is 1. The number of aliphatic hydroxyl groups excluding tert-OH is 1. The zero-order valence-corrected chi connectivity index (χ0v) is 7.60. The van der Waals surface area contributed by atoms with Crippen molar-refractivity contribution in [1.82, 2.24) is 0 Å². The minimum atomic E-state index is -0.102. The second kappa shape index (κ2) is 3.60. The Bertz CT molecular complexity index is 475. The first-order valence-corrected chi connectivity index (χ1v) is 4.43. The van der Waals surface area contributed by atoms with Gasteiger partial charge in [0.05, 0.1) is 6.61 Å². The van der Waals surface area contributed by atoms with E-state index in [0.29, 0.717) is 11.1 Å². The zero-order valence-electron chi connectivity index (χ0n) is 7.60.